The fraction of sp³-hybridized carbons (Fsp3) is 0.769. The third kappa shape index (κ3) is 3.53. The van der Waals surface area contributed by atoms with Crippen LogP contribution in [0.25, 0.3) is 0 Å². The summed E-state index contributed by atoms with van der Waals surface area (Å²) in [4.78, 5) is 17.5. The minimum Gasteiger partial charge on any atom is -0.481 e. The van der Waals surface area contributed by atoms with E-state index < -0.39 is 5.97 Å². The highest BCUT2D eigenvalue weighted by Gasteiger charge is 2.27. The minimum atomic E-state index is -0.715. The van der Waals surface area contributed by atoms with E-state index in [2.05, 4.69) is 15.0 Å². The number of rotatable bonds is 3. The van der Waals surface area contributed by atoms with Crippen LogP contribution < -0.4 is 0 Å². The molecule has 1 aliphatic rings. The predicted molar refractivity (Wildman–Crippen MR) is 68.6 cm³/mol. The molecule has 1 atom stereocenters. The number of piperidine rings is 1. The van der Waals surface area contributed by atoms with Crippen molar-refractivity contribution >= 4 is 5.97 Å². The number of carbonyl (C=O) groups is 1. The lowest BCUT2D eigenvalue weighted by molar-refractivity contribution is -0.143. The Kier molecular flexibility index (Phi) is 3.89. The van der Waals surface area contributed by atoms with Crippen molar-refractivity contribution in [1.29, 1.82) is 0 Å². The van der Waals surface area contributed by atoms with Crippen LogP contribution in [0.3, 0.4) is 0 Å². The van der Waals surface area contributed by atoms with Crippen LogP contribution in [-0.2, 0) is 16.8 Å². The van der Waals surface area contributed by atoms with Crippen LogP contribution in [0.2, 0.25) is 0 Å². The zero-order chi connectivity index (χ0) is 14.0. The van der Waals surface area contributed by atoms with E-state index in [9.17, 15) is 4.79 Å². The third-order valence-electron chi connectivity index (χ3n) is 3.33. The standard InChI is InChI=1S/C13H21N3O3/c1-13(2,3)12-14-10(15-19-12)8-16-6-4-5-9(7-16)11(17)18/h9H,4-8H2,1-3H3,(H,17,18). The van der Waals surface area contributed by atoms with E-state index in [1.165, 1.54) is 0 Å². The van der Waals surface area contributed by atoms with Crippen LogP contribution in [0.1, 0.15) is 45.3 Å². The first kappa shape index (κ1) is 14.0. The molecule has 1 aliphatic heterocycles. The van der Waals surface area contributed by atoms with Crippen LogP contribution in [-0.4, -0.2) is 39.2 Å². The summed E-state index contributed by atoms with van der Waals surface area (Å²) in [6.07, 6.45) is 1.66. The van der Waals surface area contributed by atoms with Crippen molar-refractivity contribution in [2.24, 2.45) is 5.92 Å². The molecule has 2 rings (SSSR count). The Hall–Kier alpha value is -1.43. The quantitative estimate of drug-likeness (QED) is 0.897. The summed E-state index contributed by atoms with van der Waals surface area (Å²) in [6.45, 7) is 8.07. The molecule has 1 aromatic heterocycles. The number of carboxylic acid groups (broad SMARTS) is 1. The van der Waals surface area contributed by atoms with Gasteiger partial charge in [-0.3, -0.25) is 9.69 Å². The summed E-state index contributed by atoms with van der Waals surface area (Å²) in [5.74, 6) is 0.265. The maximum absolute atomic E-state index is 11.0. The lowest BCUT2D eigenvalue weighted by Gasteiger charge is -2.29. The second kappa shape index (κ2) is 5.28. The minimum absolute atomic E-state index is 0.156. The molecule has 0 saturated carbocycles. The molecule has 1 unspecified atom stereocenters. The number of hydrogen-bond donors (Lipinski definition) is 1. The molecule has 1 saturated heterocycles. The van der Waals surface area contributed by atoms with Crippen molar-refractivity contribution in [3.63, 3.8) is 0 Å². The predicted octanol–water partition coefficient (Wildman–Crippen LogP) is 1.66. The fourth-order valence-electron chi connectivity index (χ4n) is 2.22. The molecule has 0 aromatic carbocycles. The maximum Gasteiger partial charge on any atom is 0.307 e. The van der Waals surface area contributed by atoms with E-state index in [1.807, 2.05) is 20.8 Å². The van der Waals surface area contributed by atoms with Crippen molar-refractivity contribution in [2.75, 3.05) is 13.1 Å². The Morgan fingerprint density at radius 3 is 2.84 bits per heavy atom. The normalized spacial score (nSPS) is 21.5. The monoisotopic (exact) mass is 267 g/mol. The number of aromatic nitrogens is 2. The molecule has 6 heteroatoms. The molecule has 1 aromatic rings. The third-order valence-corrected chi connectivity index (χ3v) is 3.33. The largest absolute Gasteiger partial charge is 0.481 e. The lowest BCUT2D eigenvalue weighted by Crippen LogP contribution is -2.38. The van der Waals surface area contributed by atoms with E-state index >= 15 is 0 Å². The molecule has 19 heavy (non-hydrogen) atoms. The summed E-state index contributed by atoms with van der Waals surface area (Å²) in [6, 6.07) is 0. The molecule has 1 fully saturated rings. The highest BCUT2D eigenvalue weighted by Crippen LogP contribution is 2.21. The van der Waals surface area contributed by atoms with Gasteiger partial charge in [-0.15, -0.1) is 0 Å². The summed E-state index contributed by atoms with van der Waals surface area (Å²) in [5.41, 5.74) is -0.156. The summed E-state index contributed by atoms with van der Waals surface area (Å²) in [5, 5.41) is 13.0. The van der Waals surface area contributed by atoms with Crippen LogP contribution in [0.15, 0.2) is 4.52 Å². The SMILES string of the molecule is CC(C)(C)c1nc(CN2CCCC(C(=O)O)C2)no1. The van der Waals surface area contributed by atoms with Crippen molar-refractivity contribution in [3.8, 4) is 0 Å². The molecular weight excluding hydrogens is 246 g/mol. The van der Waals surface area contributed by atoms with Crippen LogP contribution >= 0.6 is 0 Å². The first-order valence-corrected chi connectivity index (χ1v) is 6.64. The topological polar surface area (TPSA) is 79.5 Å². The van der Waals surface area contributed by atoms with Gasteiger partial charge in [0.05, 0.1) is 12.5 Å². The van der Waals surface area contributed by atoms with E-state index in [1.54, 1.807) is 0 Å². The summed E-state index contributed by atoms with van der Waals surface area (Å²) < 4.78 is 5.24. The molecule has 6 nitrogen and oxygen atoms in total. The van der Waals surface area contributed by atoms with Gasteiger partial charge in [0, 0.05) is 12.0 Å². The highest BCUT2D eigenvalue weighted by molar-refractivity contribution is 5.70. The summed E-state index contributed by atoms with van der Waals surface area (Å²) in [7, 11) is 0. The van der Waals surface area contributed by atoms with E-state index in [0.717, 1.165) is 19.4 Å². The van der Waals surface area contributed by atoms with Crippen molar-refractivity contribution in [2.45, 2.75) is 45.6 Å². The van der Waals surface area contributed by atoms with Crippen molar-refractivity contribution in [3.05, 3.63) is 11.7 Å². The average molecular weight is 267 g/mol. The van der Waals surface area contributed by atoms with Crippen LogP contribution in [0, 0.1) is 5.92 Å². The first-order chi connectivity index (χ1) is 8.86. The lowest BCUT2D eigenvalue weighted by atomic mass is 9.97. The Labute approximate surface area is 112 Å². The van der Waals surface area contributed by atoms with Gasteiger partial charge in [0.15, 0.2) is 5.82 Å². The summed E-state index contributed by atoms with van der Waals surface area (Å²) >= 11 is 0. The van der Waals surface area contributed by atoms with Gasteiger partial charge in [0.2, 0.25) is 5.89 Å². The number of aliphatic carboxylic acids is 1. The van der Waals surface area contributed by atoms with Gasteiger partial charge < -0.3 is 9.63 Å². The Morgan fingerprint density at radius 1 is 1.53 bits per heavy atom. The Balaban J connectivity index is 1.97. The average Bonchev–Trinajstić information content (AvgIpc) is 2.77. The van der Waals surface area contributed by atoms with Gasteiger partial charge in [-0.1, -0.05) is 25.9 Å². The first-order valence-electron chi connectivity index (χ1n) is 6.64. The zero-order valence-corrected chi connectivity index (χ0v) is 11.7. The van der Waals surface area contributed by atoms with Crippen molar-refractivity contribution < 1.29 is 14.4 Å². The Morgan fingerprint density at radius 2 is 2.26 bits per heavy atom. The molecule has 0 bridgehead atoms. The molecule has 1 N–H and O–H groups in total. The van der Waals surface area contributed by atoms with E-state index in [-0.39, 0.29) is 11.3 Å². The molecule has 0 spiro atoms. The number of likely N-dealkylation sites (tertiary alicyclic amines) is 1. The smallest absolute Gasteiger partial charge is 0.307 e. The molecule has 2 heterocycles. The highest BCUT2D eigenvalue weighted by atomic mass is 16.5. The van der Waals surface area contributed by atoms with Crippen LogP contribution in [0.4, 0.5) is 0 Å². The fourth-order valence-corrected chi connectivity index (χ4v) is 2.22. The van der Waals surface area contributed by atoms with E-state index in [4.69, 9.17) is 9.63 Å². The molecule has 0 amide bonds. The zero-order valence-electron chi connectivity index (χ0n) is 11.7. The molecule has 0 radical (unpaired) electrons. The van der Waals surface area contributed by atoms with Gasteiger partial charge >= 0.3 is 5.97 Å². The second-order valence-electron chi connectivity index (χ2n) is 6.18. The maximum atomic E-state index is 11.0. The van der Waals surface area contributed by atoms with Gasteiger partial charge in [-0.25, -0.2) is 0 Å². The van der Waals surface area contributed by atoms with Gasteiger partial charge in [0.1, 0.15) is 0 Å². The van der Waals surface area contributed by atoms with Gasteiger partial charge in [-0.2, -0.15) is 4.98 Å². The van der Waals surface area contributed by atoms with Gasteiger partial charge in [0.25, 0.3) is 0 Å². The molecular formula is C13H21N3O3. The van der Waals surface area contributed by atoms with Crippen molar-refractivity contribution in [1.82, 2.24) is 15.0 Å². The van der Waals surface area contributed by atoms with Crippen LogP contribution in [0.5, 0.6) is 0 Å². The Bertz CT molecular complexity index is 450. The number of nitrogens with zero attached hydrogens (tertiary/aromatic N) is 3. The number of hydrogen-bond acceptors (Lipinski definition) is 5. The molecule has 0 aliphatic carbocycles. The van der Waals surface area contributed by atoms with Gasteiger partial charge in [-0.05, 0) is 19.4 Å². The van der Waals surface area contributed by atoms with E-state index in [0.29, 0.717) is 24.8 Å². The second-order valence-corrected chi connectivity index (χ2v) is 6.18. The number of carboxylic acids is 1. The molecule has 106 valence electrons.